The lowest BCUT2D eigenvalue weighted by atomic mass is 10.1. The van der Waals surface area contributed by atoms with Gasteiger partial charge in [-0.3, -0.25) is 9.59 Å². The summed E-state index contributed by atoms with van der Waals surface area (Å²) in [5.41, 5.74) is 2.31. The Morgan fingerprint density at radius 1 is 1.16 bits per heavy atom. The van der Waals surface area contributed by atoms with Crippen molar-refractivity contribution in [2.45, 2.75) is 33.2 Å². The van der Waals surface area contributed by atoms with Crippen molar-refractivity contribution in [3.8, 4) is 0 Å². The van der Waals surface area contributed by atoms with E-state index >= 15 is 0 Å². The van der Waals surface area contributed by atoms with Gasteiger partial charge in [-0.25, -0.2) is 0 Å². The zero-order valence-corrected chi connectivity index (χ0v) is 15.3. The minimum Gasteiger partial charge on any atom is -0.361 e. The number of amides is 2. The summed E-state index contributed by atoms with van der Waals surface area (Å²) in [7, 11) is 0. The highest BCUT2D eigenvalue weighted by Crippen LogP contribution is 2.17. The monoisotopic (exact) mass is 345 g/mol. The molecule has 6 heteroatoms. The number of quaternary nitrogens is 1. The Kier molecular flexibility index (Phi) is 7.01. The fourth-order valence-electron chi connectivity index (χ4n) is 2.88. The number of fused-ring (bicyclic) bond motifs is 1. The summed E-state index contributed by atoms with van der Waals surface area (Å²) in [6.07, 6.45) is 2.78. The van der Waals surface area contributed by atoms with Crippen LogP contribution in [-0.2, 0) is 16.0 Å². The van der Waals surface area contributed by atoms with Gasteiger partial charge in [-0.05, 0) is 38.8 Å². The van der Waals surface area contributed by atoms with Crippen molar-refractivity contribution < 1.29 is 14.5 Å². The van der Waals surface area contributed by atoms with Gasteiger partial charge in [0, 0.05) is 29.7 Å². The van der Waals surface area contributed by atoms with Gasteiger partial charge in [0.1, 0.15) is 0 Å². The SMILES string of the molecule is CC[NH+](CC(=O)NCCc1c[nH]c2ccccc12)CC(=O)NC(C)C. The van der Waals surface area contributed by atoms with E-state index in [1.807, 2.05) is 45.2 Å². The third-order valence-electron chi connectivity index (χ3n) is 4.16. The Bertz CT molecular complexity index is 708. The molecule has 6 nitrogen and oxygen atoms in total. The summed E-state index contributed by atoms with van der Waals surface area (Å²) >= 11 is 0. The molecule has 25 heavy (non-hydrogen) atoms. The van der Waals surface area contributed by atoms with Crippen LogP contribution >= 0.6 is 0 Å². The number of hydrogen-bond acceptors (Lipinski definition) is 2. The molecule has 136 valence electrons. The third kappa shape index (κ3) is 5.90. The fourth-order valence-corrected chi connectivity index (χ4v) is 2.88. The second-order valence-corrected chi connectivity index (χ2v) is 6.64. The van der Waals surface area contributed by atoms with Gasteiger partial charge in [0.15, 0.2) is 13.1 Å². The molecule has 0 saturated heterocycles. The number of hydrogen-bond donors (Lipinski definition) is 4. The summed E-state index contributed by atoms with van der Waals surface area (Å²) in [5, 5.41) is 7.02. The summed E-state index contributed by atoms with van der Waals surface area (Å²) < 4.78 is 0. The zero-order chi connectivity index (χ0) is 18.2. The lowest BCUT2D eigenvalue weighted by molar-refractivity contribution is -0.881. The maximum atomic E-state index is 12.1. The van der Waals surface area contributed by atoms with Crippen molar-refractivity contribution in [3.05, 3.63) is 36.0 Å². The highest BCUT2D eigenvalue weighted by molar-refractivity contribution is 5.83. The molecule has 1 aromatic heterocycles. The fraction of sp³-hybridized carbons (Fsp3) is 0.474. The normalized spacial score (nSPS) is 12.3. The van der Waals surface area contributed by atoms with Crippen LogP contribution in [0.25, 0.3) is 10.9 Å². The number of para-hydroxylation sites is 1. The Labute approximate surface area is 149 Å². The predicted molar refractivity (Wildman–Crippen MR) is 99.5 cm³/mol. The van der Waals surface area contributed by atoms with Gasteiger partial charge in [-0.15, -0.1) is 0 Å². The number of aromatic nitrogens is 1. The van der Waals surface area contributed by atoms with Crippen LogP contribution in [0.4, 0.5) is 0 Å². The summed E-state index contributed by atoms with van der Waals surface area (Å²) in [4.78, 5) is 28.2. The van der Waals surface area contributed by atoms with E-state index in [9.17, 15) is 9.59 Å². The van der Waals surface area contributed by atoms with Crippen molar-refractivity contribution >= 4 is 22.7 Å². The van der Waals surface area contributed by atoms with Gasteiger partial charge in [-0.1, -0.05) is 18.2 Å². The molecule has 0 aliphatic carbocycles. The van der Waals surface area contributed by atoms with Crippen molar-refractivity contribution in [3.63, 3.8) is 0 Å². The van der Waals surface area contributed by atoms with Crippen LogP contribution in [-0.4, -0.2) is 49.0 Å². The first-order valence-electron chi connectivity index (χ1n) is 8.94. The average Bonchev–Trinajstić information content (AvgIpc) is 2.97. The Morgan fingerprint density at radius 3 is 2.60 bits per heavy atom. The van der Waals surface area contributed by atoms with Crippen molar-refractivity contribution in [1.29, 1.82) is 0 Å². The molecule has 1 unspecified atom stereocenters. The molecule has 1 atom stereocenters. The van der Waals surface area contributed by atoms with Gasteiger partial charge in [0.25, 0.3) is 11.8 Å². The lowest BCUT2D eigenvalue weighted by Gasteiger charge is -2.17. The second kappa shape index (κ2) is 9.22. The molecule has 1 aromatic carbocycles. The Morgan fingerprint density at radius 2 is 1.88 bits per heavy atom. The van der Waals surface area contributed by atoms with E-state index in [0.717, 1.165) is 23.4 Å². The summed E-state index contributed by atoms with van der Waals surface area (Å²) in [5.74, 6) is -0.0347. The van der Waals surface area contributed by atoms with Crippen LogP contribution in [0.1, 0.15) is 26.3 Å². The molecule has 0 bridgehead atoms. The highest BCUT2D eigenvalue weighted by Gasteiger charge is 2.16. The molecular weight excluding hydrogens is 316 g/mol. The quantitative estimate of drug-likeness (QED) is 0.526. The van der Waals surface area contributed by atoms with Crippen molar-refractivity contribution in [2.75, 3.05) is 26.2 Å². The van der Waals surface area contributed by atoms with Crippen LogP contribution in [0.5, 0.6) is 0 Å². The van der Waals surface area contributed by atoms with E-state index in [1.54, 1.807) is 0 Å². The predicted octanol–water partition coefficient (Wildman–Crippen LogP) is 0.256. The average molecular weight is 345 g/mol. The molecule has 0 fully saturated rings. The van der Waals surface area contributed by atoms with E-state index in [4.69, 9.17) is 0 Å². The summed E-state index contributed by atoms with van der Waals surface area (Å²) in [6.45, 7) is 7.82. The first kappa shape index (κ1) is 19.0. The van der Waals surface area contributed by atoms with Crippen LogP contribution < -0.4 is 15.5 Å². The van der Waals surface area contributed by atoms with Crippen molar-refractivity contribution in [1.82, 2.24) is 15.6 Å². The molecule has 2 rings (SSSR count). The van der Waals surface area contributed by atoms with E-state index in [1.165, 1.54) is 10.9 Å². The number of aromatic amines is 1. The number of carbonyl (C=O) groups excluding carboxylic acids is 2. The first-order valence-corrected chi connectivity index (χ1v) is 8.94. The van der Waals surface area contributed by atoms with Crippen LogP contribution in [0.15, 0.2) is 30.5 Å². The number of nitrogens with one attached hydrogen (secondary N) is 4. The van der Waals surface area contributed by atoms with E-state index < -0.39 is 0 Å². The molecule has 1 heterocycles. The molecule has 4 N–H and O–H groups in total. The number of carbonyl (C=O) groups is 2. The molecule has 0 aliphatic rings. The number of rotatable bonds is 9. The maximum Gasteiger partial charge on any atom is 0.275 e. The number of benzene rings is 1. The van der Waals surface area contributed by atoms with Crippen molar-refractivity contribution in [2.24, 2.45) is 0 Å². The summed E-state index contributed by atoms with van der Waals surface area (Å²) in [6, 6.07) is 8.27. The lowest BCUT2D eigenvalue weighted by Crippen LogP contribution is -3.14. The Hall–Kier alpha value is -2.34. The molecule has 0 saturated carbocycles. The smallest absolute Gasteiger partial charge is 0.275 e. The standard InChI is InChI=1S/C19H28N4O2/c1-4-23(13-19(25)22-14(2)3)12-18(24)20-10-9-15-11-21-17-8-6-5-7-16(15)17/h5-8,11,14,21H,4,9-10,12-13H2,1-3H3,(H,20,24)(H,22,25)/p+1. The van der Waals surface area contributed by atoms with E-state index in [0.29, 0.717) is 19.6 Å². The largest absolute Gasteiger partial charge is 0.361 e. The van der Waals surface area contributed by atoms with Gasteiger partial charge in [0.2, 0.25) is 0 Å². The molecule has 0 aliphatic heterocycles. The van der Waals surface area contributed by atoms with Gasteiger partial charge >= 0.3 is 0 Å². The minimum absolute atomic E-state index is 0.0153. The molecule has 0 spiro atoms. The number of likely N-dealkylation sites (N-methyl/N-ethyl adjacent to an activating group) is 1. The minimum atomic E-state index is -0.0194. The van der Waals surface area contributed by atoms with Gasteiger partial charge in [-0.2, -0.15) is 0 Å². The van der Waals surface area contributed by atoms with E-state index in [2.05, 4.69) is 21.7 Å². The first-order chi connectivity index (χ1) is 12.0. The Balaban J connectivity index is 1.76. The zero-order valence-electron chi connectivity index (χ0n) is 15.3. The van der Waals surface area contributed by atoms with Crippen LogP contribution in [0.3, 0.4) is 0 Å². The molecular formula is C19H29N4O2+. The molecule has 2 amide bonds. The number of H-pyrrole nitrogens is 1. The topological polar surface area (TPSA) is 78.4 Å². The highest BCUT2D eigenvalue weighted by atomic mass is 16.2. The van der Waals surface area contributed by atoms with Gasteiger partial charge < -0.3 is 20.5 Å². The second-order valence-electron chi connectivity index (χ2n) is 6.64. The van der Waals surface area contributed by atoms with Crippen LogP contribution in [0.2, 0.25) is 0 Å². The molecule has 0 radical (unpaired) electrons. The third-order valence-corrected chi connectivity index (χ3v) is 4.16. The van der Waals surface area contributed by atoms with Gasteiger partial charge in [0.05, 0.1) is 6.54 Å². The van der Waals surface area contributed by atoms with Crippen LogP contribution in [0, 0.1) is 0 Å². The van der Waals surface area contributed by atoms with E-state index in [-0.39, 0.29) is 17.9 Å². The molecule has 2 aromatic rings. The maximum absolute atomic E-state index is 12.1.